The molecular weight excluding hydrogens is 444 g/mol. The first-order valence-corrected chi connectivity index (χ1v) is 9.89. The maximum absolute atomic E-state index is 9.88. The van der Waals surface area contributed by atoms with Crippen LogP contribution in [0.4, 0.5) is 5.95 Å². The van der Waals surface area contributed by atoms with E-state index in [-0.39, 0.29) is 11.5 Å². The Labute approximate surface area is 181 Å². The molecule has 0 amide bonds. The Morgan fingerprint density at radius 2 is 1.47 bits per heavy atom. The Morgan fingerprint density at radius 3 is 2.13 bits per heavy atom. The van der Waals surface area contributed by atoms with Gasteiger partial charge in [0.25, 0.3) is 0 Å². The zero-order valence-corrected chi connectivity index (χ0v) is 17.3. The summed E-state index contributed by atoms with van der Waals surface area (Å²) in [6.45, 7) is 0. The van der Waals surface area contributed by atoms with E-state index in [9.17, 15) is 10.2 Å². The number of benzene rings is 3. The number of phenols is 2. The zero-order chi connectivity index (χ0) is 20.9. The molecule has 7 heteroatoms. The van der Waals surface area contributed by atoms with Gasteiger partial charge in [0.15, 0.2) is 0 Å². The molecule has 0 radical (unpaired) electrons. The fourth-order valence-corrected chi connectivity index (χ4v) is 3.09. The van der Waals surface area contributed by atoms with E-state index >= 15 is 0 Å². The fraction of sp³-hybridized carbons (Fsp3) is 0. The molecule has 3 aromatic carbocycles. The van der Waals surface area contributed by atoms with Crippen LogP contribution in [0, 0.1) is 0 Å². The molecule has 6 nitrogen and oxygen atoms in total. The van der Waals surface area contributed by atoms with Crippen LogP contribution >= 0.6 is 15.9 Å². The van der Waals surface area contributed by atoms with Gasteiger partial charge in [-0.05, 0) is 30.3 Å². The molecule has 0 spiro atoms. The molecule has 0 bridgehead atoms. The van der Waals surface area contributed by atoms with Crippen LogP contribution < -0.4 is 5.43 Å². The van der Waals surface area contributed by atoms with Crippen molar-refractivity contribution in [1.29, 1.82) is 0 Å². The van der Waals surface area contributed by atoms with Gasteiger partial charge in [-0.25, -0.2) is 15.4 Å². The van der Waals surface area contributed by atoms with Crippen LogP contribution in [0.25, 0.3) is 22.5 Å². The largest absolute Gasteiger partial charge is 0.508 e. The molecule has 0 aliphatic rings. The number of phenolic OH excluding ortho intramolecular Hbond substituents is 2. The van der Waals surface area contributed by atoms with Gasteiger partial charge in [-0.2, -0.15) is 5.10 Å². The third-order valence-corrected chi connectivity index (χ3v) is 4.85. The number of hydrogen-bond donors (Lipinski definition) is 3. The molecule has 4 aromatic rings. The summed E-state index contributed by atoms with van der Waals surface area (Å²) >= 11 is 3.45. The predicted octanol–water partition coefficient (Wildman–Crippen LogP) is 5.43. The molecule has 148 valence electrons. The van der Waals surface area contributed by atoms with E-state index in [1.165, 1.54) is 18.3 Å². The lowest BCUT2D eigenvalue weighted by molar-refractivity contribution is 0.450. The first-order chi connectivity index (χ1) is 14.6. The van der Waals surface area contributed by atoms with E-state index in [1.54, 1.807) is 6.07 Å². The lowest BCUT2D eigenvalue weighted by Gasteiger charge is -2.08. The number of aromatic nitrogens is 2. The maximum atomic E-state index is 9.88. The molecule has 0 saturated heterocycles. The summed E-state index contributed by atoms with van der Waals surface area (Å²) in [6, 6.07) is 23.9. The van der Waals surface area contributed by atoms with E-state index in [4.69, 9.17) is 0 Å². The number of hydrazone groups is 1. The fourth-order valence-electron chi connectivity index (χ4n) is 2.82. The third-order valence-electron chi connectivity index (χ3n) is 4.32. The highest BCUT2D eigenvalue weighted by atomic mass is 79.9. The van der Waals surface area contributed by atoms with Crippen LogP contribution in [-0.4, -0.2) is 26.4 Å². The summed E-state index contributed by atoms with van der Waals surface area (Å²) in [5.74, 6) is 0.231. The average molecular weight is 461 g/mol. The molecule has 0 unspecified atom stereocenters. The number of hydrogen-bond acceptors (Lipinski definition) is 6. The van der Waals surface area contributed by atoms with Crippen LogP contribution in [0.15, 0.2) is 88.4 Å². The number of aromatic hydroxyl groups is 2. The van der Waals surface area contributed by atoms with Gasteiger partial charge in [-0.15, -0.1) is 0 Å². The number of halogens is 1. The minimum atomic E-state index is -0.0740. The summed E-state index contributed by atoms with van der Waals surface area (Å²) in [6.07, 6.45) is 1.44. The summed E-state index contributed by atoms with van der Waals surface area (Å²) in [5, 5.41) is 23.4. The summed E-state index contributed by atoms with van der Waals surface area (Å²) < 4.78 is 0.986. The van der Waals surface area contributed by atoms with E-state index < -0.39 is 0 Å². The van der Waals surface area contributed by atoms with Crippen molar-refractivity contribution in [2.45, 2.75) is 0 Å². The van der Waals surface area contributed by atoms with Crippen molar-refractivity contribution in [3.05, 3.63) is 88.9 Å². The highest BCUT2D eigenvalue weighted by Gasteiger charge is 2.08. The SMILES string of the molecule is Oc1ccc(/C=N/Nc2nc(-c3ccccc3)cc(-c3ccc(Br)cc3)n2)c(O)c1. The van der Waals surface area contributed by atoms with Gasteiger partial charge < -0.3 is 10.2 Å². The average Bonchev–Trinajstić information content (AvgIpc) is 2.76. The van der Waals surface area contributed by atoms with E-state index in [0.717, 1.165) is 27.0 Å². The zero-order valence-electron chi connectivity index (χ0n) is 15.7. The van der Waals surface area contributed by atoms with Crippen molar-refractivity contribution in [2.75, 3.05) is 5.43 Å². The first kappa shape index (κ1) is 19.6. The van der Waals surface area contributed by atoms with Crippen LogP contribution in [-0.2, 0) is 0 Å². The molecule has 0 aliphatic heterocycles. The molecule has 0 atom stereocenters. The second kappa shape index (κ2) is 8.75. The van der Waals surface area contributed by atoms with Crippen molar-refractivity contribution in [3.8, 4) is 34.0 Å². The van der Waals surface area contributed by atoms with Crippen molar-refractivity contribution in [2.24, 2.45) is 5.10 Å². The summed E-state index contributed by atoms with van der Waals surface area (Å²) in [7, 11) is 0. The standard InChI is InChI=1S/C23H17BrN4O2/c24-18-9-6-16(7-10-18)21-13-20(15-4-2-1-3-5-15)26-23(27-21)28-25-14-17-8-11-19(29)12-22(17)30/h1-14,29-30H,(H,26,27,28)/b25-14+. The lowest BCUT2D eigenvalue weighted by atomic mass is 10.1. The topological polar surface area (TPSA) is 90.6 Å². The van der Waals surface area contributed by atoms with Gasteiger partial charge in [-0.3, -0.25) is 0 Å². The number of nitrogens with one attached hydrogen (secondary N) is 1. The van der Waals surface area contributed by atoms with Gasteiger partial charge in [0, 0.05) is 27.2 Å². The Morgan fingerprint density at radius 1 is 0.800 bits per heavy atom. The number of nitrogens with zero attached hydrogens (tertiary/aromatic N) is 3. The van der Waals surface area contributed by atoms with E-state index in [0.29, 0.717) is 11.5 Å². The minimum Gasteiger partial charge on any atom is -0.508 e. The maximum Gasteiger partial charge on any atom is 0.244 e. The smallest absolute Gasteiger partial charge is 0.244 e. The monoisotopic (exact) mass is 460 g/mol. The Kier molecular flexibility index (Phi) is 5.72. The van der Waals surface area contributed by atoms with Crippen LogP contribution in [0.3, 0.4) is 0 Å². The van der Waals surface area contributed by atoms with Gasteiger partial charge in [0.1, 0.15) is 11.5 Å². The lowest BCUT2D eigenvalue weighted by Crippen LogP contribution is -2.00. The van der Waals surface area contributed by atoms with Crippen LogP contribution in [0.5, 0.6) is 11.5 Å². The highest BCUT2D eigenvalue weighted by Crippen LogP contribution is 2.26. The second-order valence-corrected chi connectivity index (χ2v) is 7.36. The van der Waals surface area contributed by atoms with Crippen LogP contribution in [0.2, 0.25) is 0 Å². The normalized spacial score (nSPS) is 11.0. The number of anilines is 1. The second-order valence-electron chi connectivity index (χ2n) is 6.45. The molecule has 0 fully saturated rings. The molecule has 30 heavy (non-hydrogen) atoms. The molecule has 0 aliphatic carbocycles. The molecule has 3 N–H and O–H groups in total. The quantitative estimate of drug-likeness (QED) is 0.272. The van der Waals surface area contributed by atoms with Gasteiger partial charge in [0.05, 0.1) is 17.6 Å². The summed E-state index contributed by atoms with van der Waals surface area (Å²) in [4.78, 5) is 9.14. The first-order valence-electron chi connectivity index (χ1n) is 9.10. The van der Waals surface area contributed by atoms with Gasteiger partial charge >= 0.3 is 0 Å². The van der Waals surface area contributed by atoms with Gasteiger partial charge in [-0.1, -0.05) is 58.4 Å². The molecule has 0 saturated carbocycles. The van der Waals surface area contributed by atoms with Crippen molar-refractivity contribution >= 4 is 28.1 Å². The molecular formula is C23H17BrN4O2. The van der Waals surface area contributed by atoms with Crippen LogP contribution in [0.1, 0.15) is 5.56 Å². The van der Waals surface area contributed by atoms with E-state index in [2.05, 4.69) is 36.4 Å². The molecule has 1 heterocycles. The Bertz CT molecular complexity index is 1200. The highest BCUT2D eigenvalue weighted by molar-refractivity contribution is 9.10. The van der Waals surface area contributed by atoms with Crippen molar-refractivity contribution < 1.29 is 10.2 Å². The number of rotatable bonds is 5. The van der Waals surface area contributed by atoms with Gasteiger partial charge in [0.2, 0.25) is 5.95 Å². The third kappa shape index (κ3) is 4.64. The predicted molar refractivity (Wildman–Crippen MR) is 122 cm³/mol. The summed E-state index contributed by atoms with van der Waals surface area (Å²) in [5.41, 5.74) is 6.70. The van der Waals surface area contributed by atoms with Crippen molar-refractivity contribution in [1.82, 2.24) is 9.97 Å². The Balaban J connectivity index is 1.68. The Hall–Kier alpha value is -3.71. The molecule has 4 rings (SSSR count). The van der Waals surface area contributed by atoms with E-state index in [1.807, 2.05) is 60.7 Å². The minimum absolute atomic E-state index is 0.0179. The molecule has 1 aromatic heterocycles. The van der Waals surface area contributed by atoms with Crippen molar-refractivity contribution in [3.63, 3.8) is 0 Å².